The van der Waals surface area contributed by atoms with Crippen LogP contribution in [0.15, 0.2) is 48.5 Å². The highest BCUT2D eigenvalue weighted by Crippen LogP contribution is 2.24. The van der Waals surface area contributed by atoms with E-state index in [0.29, 0.717) is 12.2 Å². The third kappa shape index (κ3) is 5.32. The maximum Gasteiger partial charge on any atom is 0.261 e. The SMILES string of the molecule is CC[C@@H](Oc1ccc(F)cc1)C(=O)N[C@@H](C)c1ccc(C(C)(C)C)cc1. The van der Waals surface area contributed by atoms with E-state index in [1.54, 1.807) is 0 Å². The van der Waals surface area contributed by atoms with Crippen LogP contribution >= 0.6 is 0 Å². The summed E-state index contributed by atoms with van der Waals surface area (Å²) in [4.78, 5) is 12.5. The molecule has 0 fully saturated rings. The van der Waals surface area contributed by atoms with Crippen molar-refractivity contribution in [2.45, 2.75) is 58.6 Å². The first kappa shape index (κ1) is 20.0. The van der Waals surface area contributed by atoms with Gasteiger partial charge in [0.15, 0.2) is 6.10 Å². The van der Waals surface area contributed by atoms with Gasteiger partial charge in [-0.3, -0.25) is 4.79 Å². The summed E-state index contributed by atoms with van der Waals surface area (Å²) in [6.07, 6.45) is -0.0874. The van der Waals surface area contributed by atoms with Gasteiger partial charge in [0.2, 0.25) is 0 Å². The molecule has 0 heterocycles. The third-order valence-corrected chi connectivity index (χ3v) is 4.39. The number of amides is 1. The number of rotatable bonds is 6. The van der Waals surface area contributed by atoms with E-state index >= 15 is 0 Å². The van der Waals surface area contributed by atoms with E-state index in [-0.39, 0.29) is 23.2 Å². The molecule has 2 rings (SSSR count). The van der Waals surface area contributed by atoms with Crippen LogP contribution in [-0.2, 0) is 10.2 Å². The molecule has 0 saturated heterocycles. The van der Waals surface area contributed by atoms with Crippen molar-refractivity contribution < 1.29 is 13.9 Å². The van der Waals surface area contributed by atoms with E-state index in [1.807, 2.05) is 26.0 Å². The lowest BCUT2D eigenvalue weighted by atomic mass is 9.86. The molecule has 0 unspecified atom stereocenters. The highest BCUT2D eigenvalue weighted by atomic mass is 19.1. The monoisotopic (exact) mass is 357 g/mol. The van der Waals surface area contributed by atoms with Crippen LogP contribution < -0.4 is 10.1 Å². The van der Waals surface area contributed by atoms with Gasteiger partial charge in [0, 0.05) is 0 Å². The van der Waals surface area contributed by atoms with Crippen LogP contribution in [0, 0.1) is 5.82 Å². The average molecular weight is 357 g/mol. The molecule has 2 atom stereocenters. The van der Waals surface area contributed by atoms with Gasteiger partial charge < -0.3 is 10.1 Å². The fourth-order valence-electron chi connectivity index (χ4n) is 2.66. The van der Waals surface area contributed by atoms with E-state index < -0.39 is 6.10 Å². The number of benzene rings is 2. The van der Waals surface area contributed by atoms with Gasteiger partial charge >= 0.3 is 0 Å². The maximum atomic E-state index is 13.0. The van der Waals surface area contributed by atoms with E-state index in [2.05, 4.69) is 38.2 Å². The highest BCUT2D eigenvalue weighted by Gasteiger charge is 2.21. The van der Waals surface area contributed by atoms with Crippen molar-refractivity contribution in [3.8, 4) is 5.75 Å². The quantitative estimate of drug-likeness (QED) is 0.776. The summed E-state index contributed by atoms with van der Waals surface area (Å²) in [6.45, 7) is 10.4. The Hall–Kier alpha value is -2.36. The van der Waals surface area contributed by atoms with Crippen molar-refractivity contribution in [3.63, 3.8) is 0 Å². The Morgan fingerprint density at radius 2 is 1.65 bits per heavy atom. The van der Waals surface area contributed by atoms with E-state index in [1.165, 1.54) is 29.8 Å². The van der Waals surface area contributed by atoms with Gasteiger partial charge in [-0.15, -0.1) is 0 Å². The summed E-state index contributed by atoms with van der Waals surface area (Å²) in [5, 5.41) is 3.00. The van der Waals surface area contributed by atoms with Crippen LogP contribution in [0.3, 0.4) is 0 Å². The largest absolute Gasteiger partial charge is 0.481 e. The Morgan fingerprint density at radius 1 is 1.08 bits per heavy atom. The van der Waals surface area contributed by atoms with Gasteiger partial charge in [-0.25, -0.2) is 4.39 Å². The number of hydrogen-bond donors (Lipinski definition) is 1. The van der Waals surface area contributed by atoms with E-state index in [4.69, 9.17) is 4.74 Å². The number of ether oxygens (including phenoxy) is 1. The van der Waals surface area contributed by atoms with Gasteiger partial charge in [-0.05, 0) is 54.2 Å². The molecule has 3 nitrogen and oxygen atoms in total. The Labute approximate surface area is 155 Å². The van der Waals surface area contributed by atoms with Crippen LogP contribution in [0.25, 0.3) is 0 Å². The van der Waals surface area contributed by atoms with Crippen LogP contribution in [0.5, 0.6) is 5.75 Å². The van der Waals surface area contributed by atoms with Crippen molar-refractivity contribution >= 4 is 5.91 Å². The zero-order valence-electron chi connectivity index (χ0n) is 16.2. The van der Waals surface area contributed by atoms with Crippen molar-refractivity contribution in [2.24, 2.45) is 0 Å². The lowest BCUT2D eigenvalue weighted by Crippen LogP contribution is -2.39. The lowest BCUT2D eigenvalue weighted by molar-refractivity contribution is -0.128. The van der Waals surface area contributed by atoms with Crippen molar-refractivity contribution in [1.82, 2.24) is 5.32 Å². The fourth-order valence-corrected chi connectivity index (χ4v) is 2.66. The molecular weight excluding hydrogens is 329 g/mol. The van der Waals surface area contributed by atoms with Crippen LogP contribution in [0.1, 0.15) is 58.2 Å². The summed E-state index contributed by atoms with van der Waals surface area (Å²) in [5.74, 6) is -0.0259. The second-order valence-electron chi connectivity index (χ2n) is 7.57. The van der Waals surface area contributed by atoms with Crippen molar-refractivity contribution in [3.05, 3.63) is 65.5 Å². The third-order valence-electron chi connectivity index (χ3n) is 4.39. The summed E-state index contributed by atoms with van der Waals surface area (Å²) in [6, 6.07) is 13.9. The topological polar surface area (TPSA) is 38.3 Å². The standard InChI is InChI=1S/C22H28FNO2/c1-6-20(26-19-13-11-18(23)12-14-19)21(25)24-15(2)16-7-9-17(10-8-16)22(3,4)5/h7-15,20H,6H2,1-5H3,(H,24,25)/t15-,20+/m0/s1. The summed E-state index contributed by atoms with van der Waals surface area (Å²) in [5.41, 5.74) is 2.40. The number of nitrogens with one attached hydrogen (secondary N) is 1. The molecule has 4 heteroatoms. The predicted octanol–water partition coefficient (Wildman–Crippen LogP) is 5.16. The van der Waals surface area contributed by atoms with Gasteiger partial charge in [-0.1, -0.05) is 52.0 Å². The summed E-state index contributed by atoms with van der Waals surface area (Å²) in [7, 11) is 0. The minimum absolute atomic E-state index is 0.0985. The maximum absolute atomic E-state index is 13.0. The van der Waals surface area contributed by atoms with Crippen LogP contribution in [-0.4, -0.2) is 12.0 Å². The van der Waals surface area contributed by atoms with Crippen LogP contribution in [0.4, 0.5) is 4.39 Å². The number of halogens is 1. The zero-order chi connectivity index (χ0) is 19.3. The predicted molar refractivity (Wildman–Crippen MR) is 103 cm³/mol. The van der Waals surface area contributed by atoms with E-state index in [0.717, 1.165) is 5.56 Å². The molecule has 0 bridgehead atoms. The summed E-state index contributed by atoms with van der Waals surface area (Å²) >= 11 is 0. The second kappa shape index (κ2) is 8.35. The number of carbonyl (C=O) groups is 1. The second-order valence-corrected chi connectivity index (χ2v) is 7.57. The zero-order valence-corrected chi connectivity index (χ0v) is 16.2. The Bertz CT molecular complexity index is 717. The molecule has 1 amide bonds. The van der Waals surface area contributed by atoms with Crippen molar-refractivity contribution in [1.29, 1.82) is 0 Å². The Morgan fingerprint density at radius 3 is 2.15 bits per heavy atom. The molecule has 0 spiro atoms. The first-order valence-corrected chi connectivity index (χ1v) is 9.03. The molecule has 0 aliphatic carbocycles. The normalized spacial score (nSPS) is 13.8. The Kier molecular flexibility index (Phi) is 6.41. The van der Waals surface area contributed by atoms with Crippen LogP contribution in [0.2, 0.25) is 0 Å². The average Bonchev–Trinajstić information content (AvgIpc) is 2.60. The van der Waals surface area contributed by atoms with E-state index in [9.17, 15) is 9.18 Å². The molecule has 26 heavy (non-hydrogen) atoms. The molecule has 140 valence electrons. The number of carbonyl (C=O) groups excluding carboxylic acids is 1. The first-order valence-electron chi connectivity index (χ1n) is 9.03. The molecule has 0 radical (unpaired) electrons. The molecule has 1 N–H and O–H groups in total. The number of hydrogen-bond acceptors (Lipinski definition) is 2. The van der Waals surface area contributed by atoms with Gasteiger partial charge in [-0.2, -0.15) is 0 Å². The van der Waals surface area contributed by atoms with Gasteiger partial charge in [0.05, 0.1) is 6.04 Å². The smallest absolute Gasteiger partial charge is 0.261 e. The lowest BCUT2D eigenvalue weighted by Gasteiger charge is -2.22. The molecule has 0 saturated carbocycles. The Balaban J connectivity index is 2.00. The van der Waals surface area contributed by atoms with Crippen molar-refractivity contribution in [2.75, 3.05) is 0 Å². The fraction of sp³-hybridized carbons (Fsp3) is 0.409. The summed E-state index contributed by atoms with van der Waals surface area (Å²) < 4.78 is 18.7. The molecule has 0 aromatic heterocycles. The molecule has 2 aromatic carbocycles. The molecule has 0 aliphatic heterocycles. The first-order chi connectivity index (χ1) is 12.2. The minimum Gasteiger partial charge on any atom is -0.481 e. The minimum atomic E-state index is -0.614. The molecule has 0 aliphatic rings. The van der Waals surface area contributed by atoms with Gasteiger partial charge in [0.1, 0.15) is 11.6 Å². The van der Waals surface area contributed by atoms with Gasteiger partial charge in [0.25, 0.3) is 5.91 Å². The molecular formula is C22H28FNO2. The highest BCUT2D eigenvalue weighted by molar-refractivity contribution is 5.81. The molecule has 2 aromatic rings.